The average Bonchev–Trinajstić information content (AvgIpc) is 2.85. The van der Waals surface area contributed by atoms with Crippen LogP contribution in [0.25, 0.3) is 11.8 Å². The number of carboxylic acid groups (broad SMARTS) is 1. The van der Waals surface area contributed by atoms with Gasteiger partial charge in [0.05, 0.1) is 17.4 Å². The molecule has 0 aliphatic carbocycles. The van der Waals surface area contributed by atoms with E-state index in [1.54, 1.807) is 0 Å². The molecule has 0 spiro atoms. The smallest absolute Gasteiger partial charge is 0.419 e. The molecule has 0 unspecified atom stereocenters. The van der Waals surface area contributed by atoms with Crippen LogP contribution in [0.5, 0.6) is 0 Å². The van der Waals surface area contributed by atoms with E-state index in [4.69, 9.17) is 5.11 Å². The van der Waals surface area contributed by atoms with Crippen molar-refractivity contribution in [2.24, 2.45) is 0 Å². The number of carboxylic acids is 1. The van der Waals surface area contributed by atoms with Gasteiger partial charge in [-0.3, -0.25) is 0 Å². The molecule has 1 heterocycles. The summed E-state index contributed by atoms with van der Waals surface area (Å²) in [5.41, 5.74) is -0.721. The van der Waals surface area contributed by atoms with Gasteiger partial charge in [-0.15, -0.1) is 0 Å². The monoisotopic (exact) mass is 300 g/mol. The van der Waals surface area contributed by atoms with Crippen LogP contribution in [-0.4, -0.2) is 20.9 Å². The Morgan fingerprint density at radius 2 is 2.00 bits per heavy atom. The van der Waals surface area contributed by atoms with Gasteiger partial charge < -0.3 is 5.11 Å². The Kier molecular flexibility index (Phi) is 3.79. The van der Waals surface area contributed by atoms with Crippen LogP contribution in [0.2, 0.25) is 0 Å². The van der Waals surface area contributed by atoms with Crippen molar-refractivity contribution < 1.29 is 27.5 Å². The molecule has 0 aliphatic rings. The molecule has 4 nitrogen and oxygen atoms in total. The fourth-order valence-electron chi connectivity index (χ4n) is 1.60. The lowest BCUT2D eigenvalue weighted by Crippen LogP contribution is -2.03. The second kappa shape index (κ2) is 5.39. The van der Waals surface area contributed by atoms with Gasteiger partial charge >= 0.3 is 12.1 Å². The summed E-state index contributed by atoms with van der Waals surface area (Å²) in [7, 11) is 0. The third-order valence-corrected chi connectivity index (χ3v) is 2.50. The molecule has 0 bridgehead atoms. The third-order valence-electron chi connectivity index (χ3n) is 2.50. The van der Waals surface area contributed by atoms with E-state index < -0.39 is 23.5 Å². The minimum absolute atomic E-state index is 0.0514. The van der Waals surface area contributed by atoms with Gasteiger partial charge in [-0.25, -0.2) is 13.9 Å². The van der Waals surface area contributed by atoms with Crippen LogP contribution in [0.4, 0.5) is 17.6 Å². The lowest BCUT2D eigenvalue weighted by Gasteiger charge is -2.04. The summed E-state index contributed by atoms with van der Waals surface area (Å²) in [5.74, 6) is -1.94. The van der Waals surface area contributed by atoms with Crippen LogP contribution in [0.15, 0.2) is 36.7 Å². The van der Waals surface area contributed by atoms with E-state index in [0.29, 0.717) is 6.20 Å². The molecular formula is C13H8F4N2O2. The van der Waals surface area contributed by atoms with Gasteiger partial charge in [0.15, 0.2) is 0 Å². The first-order valence-corrected chi connectivity index (χ1v) is 5.59. The predicted octanol–water partition coefficient (Wildman–Crippen LogP) is 3.13. The van der Waals surface area contributed by atoms with E-state index in [2.05, 4.69) is 5.10 Å². The highest BCUT2D eigenvalue weighted by Crippen LogP contribution is 2.29. The number of hydrogen-bond acceptors (Lipinski definition) is 2. The first-order valence-electron chi connectivity index (χ1n) is 5.59. The molecule has 0 fully saturated rings. The van der Waals surface area contributed by atoms with Crippen LogP contribution < -0.4 is 0 Å². The molecule has 8 heteroatoms. The zero-order valence-electron chi connectivity index (χ0n) is 10.3. The second-order valence-electron chi connectivity index (χ2n) is 4.09. The molecule has 1 N–H and O–H groups in total. The molecular weight excluding hydrogens is 292 g/mol. The highest BCUT2D eigenvalue weighted by Gasteiger charge is 2.32. The fraction of sp³-hybridized carbons (Fsp3) is 0.0769. The zero-order valence-corrected chi connectivity index (χ0v) is 10.3. The number of alkyl halides is 3. The number of benzene rings is 1. The maximum Gasteiger partial charge on any atom is 0.419 e. The van der Waals surface area contributed by atoms with Gasteiger partial charge in [0, 0.05) is 12.3 Å². The van der Waals surface area contributed by atoms with Gasteiger partial charge in [-0.05, 0) is 29.8 Å². The van der Waals surface area contributed by atoms with Crippen molar-refractivity contribution >= 4 is 12.0 Å². The van der Waals surface area contributed by atoms with Crippen molar-refractivity contribution in [2.45, 2.75) is 6.18 Å². The highest BCUT2D eigenvalue weighted by molar-refractivity contribution is 5.85. The first kappa shape index (κ1) is 14.8. The van der Waals surface area contributed by atoms with Crippen LogP contribution in [0.3, 0.4) is 0 Å². The maximum atomic E-state index is 13.4. The zero-order chi connectivity index (χ0) is 15.6. The third kappa shape index (κ3) is 3.68. The molecule has 0 amide bonds. The Hall–Kier alpha value is -2.64. The van der Waals surface area contributed by atoms with E-state index in [0.717, 1.165) is 35.2 Å². The van der Waals surface area contributed by atoms with E-state index in [1.807, 2.05) is 0 Å². The Morgan fingerprint density at radius 1 is 1.29 bits per heavy atom. The quantitative estimate of drug-likeness (QED) is 0.700. The van der Waals surface area contributed by atoms with Crippen molar-refractivity contribution in [3.8, 4) is 5.69 Å². The number of carbonyl (C=O) groups is 1. The summed E-state index contributed by atoms with van der Waals surface area (Å²) in [6, 6.07) is 3.36. The summed E-state index contributed by atoms with van der Waals surface area (Å²) in [6.45, 7) is 0. The van der Waals surface area contributed by atoms with E-state index >= 15 is 0 Å². The molecule has 0 saturated heterocycles. The summed E-state index contributed by atoms with van der Waals surface area (Å²) in [5, 5.41) is 12.0. The van der Waals surface area contributed by atoms with Crippen molar-refractivity contribution in [2.75, 3.05) is 0 Å². The van der Waals surface area contributed by atoms with Crippen LogP contribution in [-0.2, 0) is 11.0 Å². The highest BCUT2D eigenvalue weighted by atomic mass is 19.4. The Bertz CT molecular complexity index is 704. The normalized spacial score (nSPS) is 12.0. The van der Waals surface area contributed by atoms with E-state index in [-0.39, 0.29) is 11.3 Å². The van der Waals surface area contributed by atoms with Gasteiger partial charge in [0.1, 0.15) is 5.82 Å². The predicted molar refractivity (Wildman–Crippen MR) is 65.2 cm³/mol. The summed E-state index contributed by atoms with van der Waals surface area (Å²) >= 11 is 0. The van der Waals surface area contributed by atoms with Crippen molar-refractivity contribution in [3.63, 3.8) is 0 Å². The number of nitrogens with zero attached hydrogens (tertiary/aromatic N) is 2. The molecule has 0 atom stereocenters. The van der Waals surface area contributed by atoms with Gasteiger partial charge in [-0.2, -0.15) is 18.3 Å². The topological polar surface area (TPSA) is 55.1 Å². The first-order chi connectivity index (χ1) is 9.75. The number of halogens is 4. The fourth-order valence-corrected chi connectivity index (χ4v) is 1.60. The Labute approximate surface area is 115 Å². The summed E-state index contributed by atoms with van der Waals surface area (Å²) < 4.78 is 51.7. The average molecular weight is 300 g/mol. The summed E-state index contributed by atoms with van der Waals surface area (Å²) in [6.07, 6.45) is -1.28. The molecule has 1 aromatic carbocycles. The lowest BCUT2D eigenvalue weighted by atomic mass is 10.2. The molecule has 1 aromatic heterocycles. The Morgan fingerprint density at radius 3 is 2.57 bits per heavy atom. The molecule has 2 aromatic rings. The molecule has 21 heavy (non-hydrogen) atoms. The van der Waals surface area contributed by atoms with Gasteiger partial charge in [0.2, 0.25) is 0 Å². The Balaban J connectivity index is 2.40. The minimum Gasteiger partial charge on any atom is -0.478 e. The van der Waals surface area contributed by atoms with Crippen molar-refractivity contribution in [3.05, 3.63) is 53.6 Å². The largest absolute Gasteiger partial charge is 0.478 e. The SMILES string of the molecule is O=C(O)/C=C/c1cc(F)cc(-n2cc(C(F)(F)F)cn2)c1. The van der Waals surface area contributed by atoms with Crippen LogP contribution >= 0.6 is 0 Å². The van der Waals surface area contributed by atoms with E-state index in [1.165, 1.54) is 6.07 Å². The van der Waals surface area contributed by atoms with Crippen LogP contribution in [0, 0.1) is 5.82 Å². The van der Waals surface area contributed by atoms with E-state index in [9.17, 15) is 22.4 Å². The molecule has 0 saturated carbocycles. The van der Waals surface area contributed by atoms with Crippen LogP contribution in [0.1, 0.15) is 11.1 Å². The lowest BCUT2D eigenvalue weighted by molar-refractivity contribution is -0.137. The van der Waals surface area contributed by atoms with Gasteiger partial charge in [0.25, 0.3) is 0 Å². The molecule has 2 rings (SSSR count). The number of aromatic nitrogens is 2. The number of hydrogen-bond donors (Lipinski definition) is 1. The molecule has 0 aliphatic heterocycles. The van der Waals surface area contributed by atoms with Gasteiger partial charge in [-0.1, -0.05) is 0 Å². The minimum atomic E-state index is -4.54. The summed E-state index contributed by atoms with van der Waals surface area (Å²) in [4.78, 5) is 10.4. The number of aliphatic carboxylic acids is 1. The second-order valence-corrected chi connectivity index (χ2v) is 4.09. The standard InChI is InChI=1S/C13H8F4N2O2/c14-10-3-8(1-2-12(20)21)4-11(5-10)19-7-9(6-18-19)13(15,16)17/h1-7H,(H,20,21)/b2-1+. The maximum absolute atomic E-state index is 13.4. The number of rotatable bonds is 3. The van der Waals surface area contributed by atoms with Crippen molar-refractivity contribution in [1.29, 1.82) is 0 Å². The van der Waals surface area contributed by atoms with Crippen molar-refractivity contribution in [1.82, 2.24) is 9.78 Å². The molecule has 110 valence electrons. The molecule has 0 radical (unpaired) electrons.